The van der Waals surface area contributed by atoms with E-state index in [9.17, 15) is 4.79 Å². The van der Waals surface area contributed by atoms with E-state index in [1.165, 1.54) is 0 Å². The predicted molar refractivity (Wildman–Crippen MR) is 58.1 cm³/mol. The molecule has 0 aliphatic carbocycles. The number of carbonyl (C=O) groups is 1. The van der Waals surface area contributed by atoms with Crippen molar-refractivity contribution in [1.82, 2.24) is 9.80 Å². The lowest BCUT2D eigenvalue weighted by Gasteiger charge is -2.27. The van der Waals surface area contributed by atoms with Gasteiger partial charge < -0.3 is 4.90 Å². The zero-order valence-corrected chi connectivity index (χ0v) is 9.57. The fourth-order valence-corrected chi connectivity index (χ4v) is 1.81. The highest BCUT2D eigenvalue weighted by Gasteiger charge is 2.25. The highest BCUT2D eigenvalue weighted by molar-refractivity contribution is 5.81. The molecule has 1 saturated heterocycles. The van der Waals surface area contributed by atoms with Crippen molar-refractivity contribution in [1.29, 1.82) is 5.26 Å². The molecule has 0 radical (unpaired) electrons. The van der Waals surface area contributed by atoms with Gasteiger partial charge in [-0.25, -0.2) is 0 Å². The summed E-state index contributed by atoms with van der Waals surface area (Å²) in [5.74, 6) is 0.202. The first-order chi connectivity index (χ1) is 7.16. The fourth-order valence-electron chi connectivity index (χ4n) is 1.81. The lowest BCUT2D eigenvalue weighted by Crippen LogP contribution is -2.44. The highest BCUT2D eigenvalue weighted by atomic mass is 16.2. The second kappa shape index (κ2) is 5.72. The Morgan fingerprint density at radius 3 is 2.67 bits per heavy atom. The van der Waals surface area contributed by atoms with E-state index in [4.69, 9.17) is 5.26 Å². The minimum atomic E-state index is -0.101. The fraction of sp³-hybridized carbons (Fsp3) is 0.818. The summed E-state index contributed by atoms with van der Waals surface area (Å²) in [6, 6.07) is 1.99. The van der Waals surface area contributed by atoms with Crippen LogP contribution in [0, 0.1) is 11.3 Å². The third-order valence-corrected chi connectivity index (χ3v) is 3.01. The van der Waals surface area contributed by atoms with E-state index in [-0.39, 0.29) is 11.9 Å². The molecule has 1 fully saturated rings. The number of likely N-dealkylation sites (N-methyl/N-ethyl adjacent to an activating group) is 1. The predicted octanol–water partition coefficient (Wildman–Crippen LogP) is 0.843. The van der Waals surface area contributed by atoms with E-state index in [2.05, 4.69) is 6.07 Å². The summed E-state index contributed by atoms with van der Waals surface area (Å²) >= 11 is 0. The molecule has 0 N–H and O–H groups in total. The molecule has 1 amide bonds. The number of likely N-dealkylation sites (tertiary alicyclic amines) is 1. The largest absolute Gasteiger partial charge is 0.341 e. The quantitative estimate of drug-likeness (QED) is 0.689. The van der Waals surface area contributed by atoms with Crippen LogP contribution >= 0.6 is 0 Å². The van der Waals surface area contributed by atoms with E-state index in [1.54, 1.807) is 0 Å². The van der Waals surface area contributed by atoms with Crippen LogP contribution in [0.4, 0.5) is 0 Å². The molecule has 0 spiro atoms. The number of hydrogen-bond donors (Lipinski definition) is 0. The smallest absolute Gasteiger partial charge is 0.239 e. The summed E-state index contributed by atoms with van der Waals surface area (Å²) in [4.78, 5) is 15.8. The first-order valence-corrected chi connectivity index (χ1v) is 5.53. The van der Waals surface area contributed by atoms with Gasteiger partial charge >= 0.3 is 0 Å². The number of amides is 1. The molecule has 0 saturated carbocycles. The van der Waals surface area contributed by atoms with Gasteiger partial charge in [0.05, 0.1) is 12.1 Å². The van der Waals surface area contributed by atoms with Crippen molar-refractivity contribution in [3.63, 3.8) is 0 Å². The summed E-state index contributed by atoms with van der Waals surface area (Å²) in [6.45, 7) is 4.37. The van der Waals surface area contributed by atoms with Crippen LogP contribution < -0.4 is 0 Å². The normalized spacial score (nSPS) is 17.9. The van der Waals surface area contributed by atoms with Crippen LogP contribution in [0.2, 0.25) is 0 Å². The van der Waals surface area contributed by atoms with Crippen LogP contribution in [0.5, 0.6) is 0 Å². The minimum absolute atomic E-state index is 0.101. The molecule has 0 bridgehead atoms. The van der Waals surface area contributed by atoms with Crippen LogP contribution in [-0.2, 0) is 4.79 Å². The van der Waals surface area contributed by atoms with Crippen LogP contribution in [0.1, 0.15) is 26.2 Å². The molecule has 84 valence electrons. The first-order valence-electron chi connectivity index (χ1n) is 5.53. The molecule has 1 rings (SSSR count). The van der Waals surface area contributed by atoms with Gasteiger partial charge in [-0.05, 0) is 26.8 Å². The van der Waals surface area contributed by atoms with Gasteiger partial charge in [0.15, 0.2) is 0 Å². The standard InChI is InChI=1S/C11H19N3O/c1-10(13(2)7-5-6-12)11(15)14-8-3-4-9-14/h10H,3-5,7-9H2,1-2H3. The van der Waals surface area contributed by atoms with E-state index in [0.29, 0.717) is 13.0 Å². The van der Waals surface area contributed by atoms with Gasteiger partial charge in [-0.2, -0.15) is 5.26 Å². The SMILES string of the molecule is CC(C(=O)N1CCCC1)N(C)CCC#N. The number of rotatable bonds is 4. The van der Waals surface area contributed by atoms with Crippen molar-refractivity contribution in [2.75, 3.05) is 26.7 Å². The molecule has 15 heavy (non-hydrogen) atoms. The molecule has 0 aromatic carbocycles. The maximum Gasteiger partial charge on any atom is 0.239 e. The monoisotopic (exact) mass is 209 g/mol. The number of carbonyl (C=O) groups excluding carboxylic acids is 1. The Balaban J connectivity index is 2.40. The summed E-state index contributed by atoms with van der Waals surface area (Å²) in [7, 11) is 1.90. The molecule has 1 aliphatic heterocycles. The van der Waals surface area contributed by atoms with Crippen molar-refractivity contribution in [3.8, 4) is 6.07 Å². The zero-order chi connectivity index (χ0) is 11.3. The lowest BCUT2D eigenvalue weighted by molar-refractivity contribution is -0.134. The molecule has 4 nitrogen and oxygen atoms in total. The zero-order valence-electron chi connectivity index (χ0n) is 9.57. The van der Waals surface area contributed by atoms with Crippen LogP contribution in [-0.4, -0.2) is 48.4 Å². The van der Waals surface area contributed by atoms with Gasteiger partial charge in [0.2, 0.25) is 5.91 Å². The molecular formula is C11H19N3O. The van der Waals surface area contributed by atoms with Crippen molar-refractivity contribution in [2.45, 2.75) is 32.2 Å². The molecule has 1 heterocycles. The summed E-state index contributed by atoms with van der Waals surface area (Å²) in [5, 5.41) is 8.48. The third-order valence-electron chi connectivity index (χ3n) is 3.01. The van der Waals surface area contributed by atoms with Gasteiger partial charge in [0, 0.05) is 26.1 Å². The topological polar surface area (TPSA) is 47.3 Å². The second-order valence-electron chi connectivity index (χ2n) is 4.10. The number of nitrogens with zero attached hydrogens (tertiary/aromatic N) is 3. The number of nitriles is 1. The molecule has 0 aromatic heterocycles. The van der Waals surface area contributed by atoms with E-state index in [1.807, 2.05) is 23.8 Å². The Morgan fingerprint density at radius 2 is 2.13 bits per heavy atom. The van der Waals surface area contributed by atoms with Gasteiger partial charge in [-0.15, -0.1) is 0 Å². The summed E-state index contributed by atoms with van der Waals surface area (Å²) < 4.78 is 0. The van der Waals surface area contributed by atoms with E-state index < -0.39 is 0 Å². The molecule has 1 aliphatic rings. The van der Waals surface area contributed by atoms with Crippen molar-refractivity contribution < 1.29 is 4.79 Å². The Morgan fingerprint density at radius 1 is 1.53 bits per heavy atom. The minimum Gasteiger partial charge on any atom is -0.341 e. The number of hydrogen-bond acceptors (Lipinski definition) is 3. The Bertz CT molecular complexity index is 253. The van der Waals surface area contributed by atoms with E-state index in [0.717, 1.165) is 25.9 Å². The highest BCUT2D eigenvalue weighted by Crippen LogP contribution is 2.11. The molecular weight excluding hydrogens is 190 g/mol. The van der Waals surface area contributed by atoms with Crippen LogP contribution in [0.25, 0.3) is 0 Å². The van der Waals surface area contributed by atoms with Gasteiger partial charge in [-0.1, -0.05) is 0 Å². The maximum atomic E-state index is 12.0. The second-order valence-corrected chi connectivity index (χ2v) is 4.10. The first kappa shape index (κ1) is 12.0. The summed E-state index contributed by atoms with van der Waals surface area (Å²) in [6.07, 6.45) is 2.73. The van der Waals surface area contributed by atoms with E-state index >= 15 is 0 Å². The van der Waals surface area contributed by atoms with Crippen molar-refractivity contribution in [3.05, 3.63) is 0 Å². The van der Waals surface area contributed by atoms with Crippen molar-refractivity contribution >= 4 is 5.91 Å². The van der Waals surface area contributed by atoms with Gasteiger partial charge in [0.25, 0.3) is 0 Å². The molecule has 1 atom stereocenters. The molecule has 1 unspecified atom stereocenters. The molecule has 0 aromatic rings. The molecule has 4 heteroatoms. The van der Waals surface area contributed by atoms with Crippen molar-refractivity contribution in [2.24, 2.45) is 0 Å². The summed E-state index contributed by atoms with van der Waals surface area (Å²) in [5.41, 5.74) is 0. The van der Waals surface area contributed by atoms with Gasteiger partial charge in [0.1, 0.15) is 0 Å². The van der Waals surface area contributed by atoms with Gasteiger partial charge in [-0.3, -0.25) is 9.69 Å². The third kappa shape index (κ3) is 3.21. The van der Waals surface area contributed by atoms with Crippen LogP contribution in [0.3, 0.4) is 0 Å². The Kier molecular flexibility index (Phi) is 4.57. The average Bonchev–Trinajstić information content (AvgIpc) is 2.77. The Labute approximate surface area is 91.5 Å². The van der Waals surface area contributed by atoms with Crippen LogP contribution in [0.15, 0.2) is 0 Å². The average molecular weight is 209 g/mol. The Hall–Kier alpha value is -1.08. The lowest BCUT2D eigenvalue weighted by atomic mass is 10.2. The maximum absolute atomic E-state index is 12.0.